The molecule has 10 nitrogen and oxygen atoms in total. The number of aliphatic hydroxyl groups is 1. The Morgan fingerprint density at radius 2 is 1.93 bits per heavy atom. The number of hydrogen-bond donors (Lipinski definition) is 3. The van der Waals surface area contributed by atoms with Crippen LogP contribution in [0.25, 0.3) is 28.6 Å². The van der Waals surface area contributed by atoms with Crippen molar-refractivity contribution in [1.29, 1.82) is 0 Å². The quantitative estimate of drug-likeness (QED) is 0.222. The van der Waals surface area contributed by atoms with E-state index >= 15 is 4.39 Å². The van der Waals surface area contributed by atoms with Gasteiger partial charge in [0.25, 0.3) is 5.56 Å². The summed E-state index contributed by atoms with van der Waals surface area (Å²) in [7, 11) is 0. The molecule has 0 aliphatic heterocycles. The van der Waals surface area contributed by atoms with Crippen molar-refractivity contribution in [1.82, 2.24) is 19.7 Å². The van der Waals surface area contributed by atoms with E-state index in [-0.39, 0.29) is 36.6 Å². The molecular weight excluding hydrogens is 565 g/mol. The molecule has 1 fully saturated rings. The van der Waals surface area contributed by atoms with Crippen molar-refractivity contribution >= 4 is 6.08 Å². The van der Waals surface area contributed by atoms with Gasteiger partial charge in [-0.15, -0.1) is 0 Å². The van der Waals surface area contributed by atoms with E-state index in [1.807, 2.05) is 19.1 Å². The average Bonchev–Trinajstić information content (AvgIpc) is 3.45. The van der Waals surface area contributed by atoms with Gasteiger partial charge in [0.15, 0.2) is 5.82 Å². The third-order valence-electron chi connectivity index (χ3n) is 7.99. The monoisotopic (exact) mass is 603 g/mol. The van der Waals surface area contributed by atoms with Crippen LogP contribution in [0.4, 0.5) is 4.39 Å². The van der Waals surface area contributed by atoms with Gasteiger partial charge in [0.2, 0.25) is 0 Å². The molecule has 1 unspecified atom stereocenters. The van der Waals surface area contributed by atoms with E-state index in [2.05, 4.69) is 14.7 Å². The van der Waals surface area contributed by atoms with E-state index in [0.29, 0.717) is 58.6 Å². The number of rotatable bonds is 11. The Kier molecular flexibility index (Phi) is 9.86. The normalized spacial score (nSPS) is 17.7. The smallest absolute Gasteiger partial charge is 0.404 e. The standard InChI is InChI=1S/C33H38FN5O5/c1-3-6-29-27(32(41)39(30(36-29)15-16-35)23-11-13-24(14-12-23)43-19-20(2)40)17-22-10-9-21(18-28(22)34)25-7-4-5-8-26(25)31-37-33(42)44-38-31/h4-5,7-10,15-16,18,20,23-24,40H,3,6,11-14,17,19,35H2,1-2H3,(H,37,38,42)/b16-15-. The molecule has 1 aliphatic carbocycles. The number of aromatic nitrogens is 4. The summed E-state index contributed by atoms with van der Waals surface area (Å²) in [6.45, 7) is 3.99. The molecule has 4 N–H and O–H groups in total. The zero-order chi connectivity index (χ0) is 31.2. The summed E-state index contributed by atoms with van der Waals surface area (Å²) in [5.41, 5.74) is 8.92. The molecule has 0 saturated heterocycles. The number of ether oxygens (including phenoxy) is 1. The second-order valence-electron chi connectivity index (χ2n) is 11.3. The SMILES string of the molecule is CCCc1nc(/C=C\N)n(C2CCC(OCC(C)O)CC2)c(=O)c1Cc1ccc(-c2ccccc2-c2noc(=O)[nH]2)cc1F. The fraction of sp³-hybridized carbons (Fsp3) is 0.394. The Hall–Kier alpha value is -4.35. The van der Waals surface area contributed by atoms with Crippen LogP contribution in [0.1, 0.15) is 74.6 Å². The van der Waals surface area contributed by atoms with Gasteiger partial charge in [0.1, 0.15) is 11.6 Å². The number of H-pyrrole nitrogens is 1. The molecule has 1 atom stereocenters. The number of aryl methyl sites for hydroxylation is 1. The van der Waals surface area contributed by atoms with E-state index in [1.54, 1.807) is 41.8 Å². The van der Waals surface area contributed by atoms with Gasteiger partial charge in [-0.25, -0.2) is 14.2 Å². The van der Waals surface area contributed by atoms with Crippen LogP contribution in [0.15, 0.2) is 62.8 Å². The molecule has 2 heterocycles. The van der Waals surface area contributed by atoms with E-state index < -0.39 is 17.7 Å². The summed E-state index contributed by atoms with van der Waals surface area (Å²) < 4.78 is 28.0. The second kappa shape index (κ2) is 14.0. The summed E-state index contributed by atoms with van der Waals surface area (Å²) in [6.07, 6.45) is 6.88. The molecule has 1 saturated carbocycles. The maximum atomic E-state index is 15.8. The van der Waals surface area contributed by atoms with Crippen LogP contribution in [-0.4, -0.2) is 43.6 Å². The molecule has 2 aromatic carbocycles. The van der Waals surface area contributed by atoms with Gasteiger partial charge < -0.3 is 15.6 Å². The summed E-state index contributed by atoms with van der Waals surface area (Å²) in [5.74, 6) is -0.386. The Bertz CT molecular complexity index is 1730. The summed E-state index contributed by atoms with van der Waals surface area (Å²) in [4.78, 5) is 33.1. The van der Waals surface area contributed by atoms with Crippen molar-refractivity contribution in [2.45, 2.75) is 77.0 Å². The number of benzene rings is 2. The highest BCUT2D eigenvalue weighted by atomic mass is 19.1. The van der Waals surface area contributed by atoms with Crippen LogP contribution in [0.5, 0.6) is 0 Å². The molecule has 44 heavy (non-hydrogen) atoms. The van der Waals surface area contributed by atoms with Crippen LogP contribution >= 0.6 is 0 Å². The van der Waals surface area contributed by atoms with Gasteiger partial charge in [0.05, 0.1) is 24.5 Å². The maximum absolute atomic E-state index is 15.8. The number of nitrogens with two attached hydrogens (primary N) is 1. The molecule has 0 radical (unpaired) electrons. The van der Waals surface area contributed by atoms with Crippen LogP contribution in [0, 0.1) is 5.82 Å². The van der Waals surface area contributed by atoms with Crippen LogP contribution in [0.2, 0.25) is 0 Å². The Labute approximate surface area is 254 Å². The largest absolute Gasteiger partial charge is 0.439 e. The minimum atomic E-state index is -0.677. The minimum Gasteiger partial charge on any atom is -0.404 e. The molecule has 0 amide bonds. The molecule has 4 aromatic rings. The molecule has 232 valence electrons. The first-order chi connectivity index (χ1) is 21.3. The minimum absolute atomic E-state index is 0.0270. The van der Waals surface area contributed by atoms with E-state index in [9.17, 15) is 14.7 Å². The Morgan fingerprint density at radius 1 is 1.18 bits per heavy atom. The van der Waals surface area contributed by atoms with Gasteiger partial charge in [-0.2, -0.15) is 0 Å². The predicted octanol–water partition coefficient (Wildman–Crippen LogP) is 4.75. The van der Waals surface area contributed by atoms with Crippen molar-refractivity contribution in [3.8, 4) is 22.5 Å². The fourth-order valence-electron chi connectivity index (χ4n) is 5.89. The lowest BCUT2D eigenvalue weighted by molar-refractivity contribution is -0.0234. The third kappa shape index (κ3) is 6.89. The lowest BCUT2D eigenvalue weighted by atomic mass is 9.92. The number of nitrogens with zero attached hydrogens (tertiary/aromatic N) is 3. The molecule has 0 bridgehead atoms. The average molecular weight is 604 g/mol. The summed E-state index contributed by atoms with van der Waals surface area (Å²) in [5, 5.41) is 13.4. The number of halogens is 1. The zero-order valence-electron chi connectivity index (χ0n) is 25.0. The van der Waals surface area contributed by atoms with Crippen LogP contribution in [-0.2, 0) is 17.6 Å². The predicted molar refractivity (Wildman–Crippen MR) is 165 cm³/mol. The van der Waals surface area contributed by atoms with Crippen molar-refractivity contribution in [3.05, 3.63) is 98.0 Å². The topological polar surface area (TPSA) is 149 Å². The van der Waals surface area contributed by atoms with Crippen molar-refractivity contribution in [2.24, 2.45) is 5.73 Å². The van der Waals surface area contributed by atoms with Gasteiger partial charge in [0, 0.05) is 23.6 Å². The first kappa shape index (κ1) is 31.1. The number of hydrogen-bond acceptors (Lipinski definition) is 8. The third-order valence-corrected chi connectivity index (χ3v) is 7.99. The molecule has 0 spiro atoms. The number of aliphatic hydroxyl groups excluding tert-OH is 1. The van der Waals surface area contributed by atoms with Crippen LogP contribution in [0.3, 0.4) is 0 Å². The fourth-order valence-corrected chi connectivity index (χ4v) is 5.89. The highest BCUT2D eigenvalue weighted by molar-refractivity contribution is 5.80. The lowest BCUT2D eigenvalue weighted by Gasteiger charge is -2.31. The summed E-state index contributed by atoms with van der Waals surface area (Å²) >= 11 is 0. The van der Waals surface area contributed by atoms with E-state index in [4.69, 9.17) is 15.5 Å². The molecule has 11 heteroatoms. The van der Waals surface area contributed by atoms with Gasteiger partial charge in [-0.3, -0.25) is 18.9 Å². The number of nitrogens with one attached hydrogen (secondary N) is 1. The number of aromatic amines is 1. The van der Waals surface area contributed by atoms with Crippen molar-refractivity contribution in [3.63, 3.8) is 0 Å². The second-order valence-corrected chi connectivity index (χ2v) is 11.3. The Balaban J connectivity index is 1.48. The van der Waals surface area contributed by atoms with E-state index in [1.165, 1.54) is 12.3 Å². The van der Waals surface area contributed by atoms with Crippen LogP contribution < -0.4 is 17.0 Å². The van der Waals surface area contributed by atoms with Crippen molar-refractivity contribution in [2.75, 3.05) is 6.61 Å². The van der Waals surface area contributed by atoms with Gasteiger partial charge in [-0.1, -0.05) is 54.9 Å². The van der Waals surface area contributed by atoms with E-state index in [0.717, 1.165) is 19.3 Å². The zero-order valence-corrected chi connectivity index (χ0v) is 25.0. The molecule has 1 aliphatic rings. The van der Waals surface area contributed by atoms with Gasteiger partial charge in [-0.05, 0) is 74.1 Å². The first-order valence-corrected chi connectivity index (χ1v) is 15.0. The first-order valence-electron chi connectivity index (χ1n) is 15.0. The highest BCUT2D eigenvalue weighted by Gasteiger charge is 2.27. The highest BCUT2D eigenvalue weighted by Crippen LogP contribution is 2.33. The molecule has 2 aromatic heterocycles. The summed E-state index contributed by atoms with van der Waals surface area (Å²) in [6, 6.07) is 12.0. The molecular formula is C33H38FN5O5. The van der Waals surface area contributed by atoms with Crippen molar-refractivity contribution < 1.29 is 18.8 Å². The maximum Gasteiger partial charge on any atom is 0.439 e. The van der Waals surface area contributed by atoms with Gasteiger partial charge >= 0.3 is 5.76 Å². The lowest BCUT2D eigenvalue weighted by Crippen LogP contribution is -2.35. The Morgan fingerprint density at radius 3 is 2.57 bits per heavy atom. The molecule has 5 rings (SSSR count).